The Hall–Kier alpha value is -3.92. The SMILES string of the molecule is COc1ccc(COC(=O)C2=C(c3cccnc3)S[C@@H]3/C(=C\c4cn(C)nn4)C(=O)N23)cc1. The zero-order valence-electron chi connectivity index (χ0n) is 17.8. The molecule has 1 atom stereocenters. The van der Waals surface area contributed by atoms with Crippen molar-refractivity contribution in [2.45, 2.75) is 12.0 Å². The first-order chi connectivity index (χ1) is 16.0. The highest BCUT2D eigenvalue weighted by Crippen LogP contribution is 2.53. The van der Waals surface area contributed by atoms with Crippen molar-refractivity contribution in [2.75, 3.05) is 7.11 Å². The molecule has 0 spiro atoms. The molecule has 1 fully saturated rings. The highest BCUT2D eigenvalue weighted by atomic mass is 32.2. The summed E-state index contributed by atoms with van der Waals surface area (Å²) in [6.07, 6.45) is 6.75. The van der Waals surface area contributed by atoms with Crippen molar-refractivity contribution in [3.8, 4) is 5.75 Å². The molecule has 9 nitrogen and oxygen atoms in total. The van der Waals surface area contributed by atoms with E-state index in [1.165, 1.54) is 16.7 Å². The highest BCUT2D eigenvalue weighted by molar-refractivity contribution is 8.09. The Morgan fingerprint density at radius 1 is 1.24 bits per heavy atom. The lowest BCUT2D eigenvalue weighted by Gasteiger charge is -2.37. The third kappa shape index (κ3) is 3.89. The molecular weight excluding hydrogens is 442 g/mol. The van der Waals surface area contributed by atoms with E-state index in [9.17, 15) is 9.59 Å². The summed E-state index contributed by atoms with van der Waals surface area (Å²) in [6, 6.07) is 10.9. The second kappa shape index (κ2) is 8.55. The largest absolute Gasteiger partial charge is 0.497 e. The van der Waals surface area contributed by atoms with Crippen LogP contribution in [0.3, 0.4) is 0 Å². The van der Waals surface area contributed by atoms with Gasteiger partial charge in [-0.2, -0.15) is 0 Å². The van der Waals surface area contributed by atoms with Gasteiger partial charge in [0.1, 0.15) is 29.1 Å². The minimum Gasteiger partial charge on any atom is -0.497 e. The molecule has 33 heavy (non-hydrogen) atoms. The van der Waals surface area contributed by atoms with E-state index < -0.39 is 5.97 Å². The smallest absolute Gasteiger partial charge is 0.356 e. The average Bonchev–Trinajstić information content (AvgIpc) is 3.43. The molecule has 1 amide bonds. The fourth-order valence-corrected chi connectivity index (χ4v) is 4.97. The van der Waals surface area contributed by atoms with Crippen molar-refractivity contribution >= 4 is 34.6 Å². The molecule has 5 rings (SSSR count). The summed E-state index contributed by atoms with van der Waals surface area (Å²) in [5.41, 5.74) is 2.93. The van der Waals surface area contributed by atoms with E-state index >= 15 is 0 Å². The first-order valence-electron chi connectivity index (χ1n) is 10.1. The van der Waals surface area contributed by atoms with Crippen LogP contribution in [-0.2, 0) is 28.0 Å². The van der Waals surface area contributed by atoms with E-state index in [1.54, 1.807) is 61.7 Å². The summed E-state index contributed by atoms with van der Waals surface area (Å²) in [5.74, 6) is -0.102. The molecule has 0 aliphatic carbocycles. The Morgan fingerprint density at radius 2 is 2.06 bits per heavy atom. The zero-order valence-corrected chi connectivity index (χ0v) is 18.7. The van der Waals surface area contributed by atoms with Crippen LogP contribution in [0, 0.1) is 0 Å². The first-order valence-corrected chi connectivity index (χ1v) is 11.0. The van der Waals surface area contributed by atoms with Crippen molar-refractivity contribution in [1.82, 2.24) is 24.9 Å². The van der Waals surface area contributed by atoms with E-state index in [-0.39, 0.29) is 23.6 Å². The van der Waals surface area contributed by atoms with Gasteiger partial charge in [-0.3, -0.25) is 19.4 Å². The van der Waals surface area contributed by atoms with Gasteiger partial charge in [-0.05, 0) is 29.8 Å². The maximum absolute atomic E-state index is 13.2. The summed E-state index contributed by atoms with van der Waals surface area (Å²) in [6.45, 7) is 0.0757. The van der Waals surface area contributed by atoms with Crippen molar-refractivity contribution < 1.29 is 19.1 Å². The lowest BCUT2D eigenvalue weighted by atomic mass is 10.0. The van der Waals surface area contributed by atoms with Gasteiger partial charge < -0.3 is 9.47 Å². The van der Waals surface area contributed by atoms with E-state index in [2.05, 4.69) is 15.3 Å². The molecule has 4 heterocycles. The molecule has 2 aliphatic rings. The predicted molar refractivity (Wildman–Crippen MR) is 121 cm³/mol. The number of hydrogen-bond acceptors (Lipinski definition) is 8. The monoisotopic (exact) mass is 461 g/mol. The number of carbonyl (C=O) groups excluding carboxylic acids is 2. The van der Waals surface area contributed by atoms with E-state index in [0.717, 1.165) is 16.9 Å². The Balaban J connectivity index is 1.42. The van der Waals surface area contributed by atoms with E-state index in [4.69, 9.17) is 9.47 Å². The van der Waals surface area contributed by atoms with Crippen LogP contribution >= 0.6 is 11.8 Å². The van der Waals surface area contributed by atoms with Gasteiger partial charge in [0.15, 0.2) is 0 Å². The van der Waals surface area contributed by atoms with Gasteiger partial charge in [0.05, 0.1) is 18.9 Å². The number of hydrogen-bond donors (Lipinski definition) is 0. The van der Waals surface area contributed by atoms with Crippen LogP contribution in [0.15, 0.2) is 66.3 Å². The van der Waals surface area contributed by atoms with Crippen molar-refractivity contribution in [3.63, 3.8) is 0 Å². The van der Waals surface area contributed by atoms with Gasteiger partial charge in [-0.25, -0.2) is 4.79 Å². The number of fused-ring (bicyclic) bond motifs is 1. The normalized spacial score (nSPS) is 18.4. The predicted octanol–water partition coefficient (Wildman–Crippen LogP) is 2.63. The molecule has 0 saturated carbocycles. The average molecular weight is 462 g/mol. The first kappa shape index (κ1) is 21.0. The third-order valence-corrected chi connectivity index (χ3v) is 6.57. The molecule has 10 heteroatoms. The number of esters is 1. The van der Waals surface area contributed by atoms with Crippen molar-refractivity contribution in [1.29, 1.82) is 0 Å². The number of thioether (sulfide) groups is 1. The number of rotatable bonds is 6. The standard InChI is InChI=1S/C23H19N5O4S/c1-27-12-16(25-26-27)10-18-21(29)28-19(20(33-22(18)28)15-4-3-9-24-11-15)23(30)32-13-14-5-7-17(31-2)8-6-14/h3-12,22H,13H2,1-2H3/b18-10-/t22-/m1/s1. The lowest BCUT2D eigenvalue weighted by molar-refractivity contribution is -0.146. The Kier molecular flexibility index (Phi) is 5.43. The molecule has 0 bridgehead atoms. The molecule has 2 aromatic heterocycles. The summed E-state index contributed by atoms with van der Waals surface area (Å²) in [4.78, 5) is 32.5. The van der Waals surface area contributed by atoms with Crippen LogP contribution in [0.5, 0.6) is 5.75 Å². The van der Waals surface area contributed by atoms with Crippen LogP contribution in [0.1, 0.15) is 16.8 Å². The fourth-order valence-electron chi connectivity index (χ4n) is 3.59. The molecule has 1 saturated heterocycles. The molecule has 0 unspecified atom stereocenters. The number of nitrogens with zero attached hydrogens (tertiary/aromatic N) is 5. The second-order valence-electron chi connectivity index (χ2n) is 7.41. The summed E-state index contributed by atoms with van der Waals surface area (Å²) in [5, 5.41) is 7.59. The third-order valence-electron chi connectivity index (χ3n) is 5.22. The van der Waals surface area contributed by atoms with Gasteiger partial charge >= 0.3 is 5.97 Å². The maximum Gasteiger partial charge on any atom is 0.356 e. The number of ether oxygens (including phenoxy) is 2. The molecule has 0 N–H and O–H groups in total. The molecular formula is C23H19N5O4S. The van der Waals surface area contributed by atoms with Crippen molar-refractivity contribution in [2.24, 2.45) is 7.05 Å². The highest BCUT2D eigenvalue weighted by Gasteiger charge is 2.53. The lowest BCUT2D eigenvalue weighted by Crippen LogP contribution is -2.51. The number of pyridine rings is 1. The van der Waals surface area contributed by atoms with Gasteiger partial charge in [-0.15, -0.1) is 5.10 Å². The summed E-state index contributed by atoms with van der Waals surface area (Å²) in [7, 11) is 3.35. The van der Waals surface area contributed by atoms with Crippen LogP contribution in [0.25, 0.3) is 11.0 Å². The minimum atomic E-state index is -0.563. The summed E-state index contributed by atoms with van der Waals surface area (Å²) >= 11 is 1.42. The topological polar surface area (TPSA) is 99.4 Å². The van der Waals surface area contributed by atoms with Gasteiger partial charge in [-0.1, -0.05) is 35.2 Å². The number of amides is 1. The number of aromatic nitrogens is 4. The molecule has 2 aliphatic heterocycles. The Labute approximate surface area is 193 Å². The maximum atomic E-state index is 13.2. The zero-order chi connectivity index (χ0) is 22.9. The second-order valence-corrected chi connectivity index (χ2v) is 8.50. The number of carbonyl (C=O) groups is 2. The quantitative estimate of drug-likeness (QED) is 0.314. The van der Waals surface area contributed by atoms with Crippen LogP contribution in [0.4, 0.5) is 0 Å². The van der Waals surface area contributed by atoms with Gasteiger partial charge in [0.2, 0.25) is 0 Å². The number of methoxy groups -OCH3 is 1. The molecule has 3 aromatic rings. The Bertz CT molecular complexity index is 1280. The number of aryl methyl sites for hydroxylation is 1. The van der Waals surface area contributed by atoms with Crippen LogP contribution in [-0.4, -0.2) is 49.2 Å². The fraction of sp³-hybridized carbons (Fsp3) is 0.174. The van der Waals surface area contributed by atoms with E-state index in [1.807, 2.05) is 18.2 Å². The Morgan fingerprint density at radius 3 is 2.73 bits per heavy atom. The van der Waals surface area contributed by atoms with Gasteiger partial charge in [0.25, 0.3) is 5.91 Å². The van der Waals surface area contributed by atoms with Crippen LogP contribution in [0.2, 0.25) is 0 Å². The van der Waals surface area contributed by atoms with E-state index in [0.29, 0.717) is 16.2 Å². The molecule has 166 valence electrons. The summed E-state index contributed by atoms with van der Waals surface area (Å²) < 4.78 is 12.3. The van der Waals surface area contributed by atoms with Crippen LogP contribution < -0.4 is 4.74 Å². The molecule has 1 aromatic carbocycles. The minimum absolute atomic E-state index is 0.0757. The number of β-lactam (4-membered cyclic amide) rings is 1. The van der Waals surface area contributed by atoms with Crippen molar-refractivity contribution in [3.05, 3.63) is 83.1 Å². The number of benzene rings is 1. The molecule has 0 radical (unpaired) electrons. The van der Waals surface area contributed by atoms with Gasteiger partial charge in [0, 0.05) is 29.9 Å².